The van der Waals surface area contributed by atoms with Crippen LogP contribution in [0.15, 0.2) is 51.9 Å². The first-order valence-corrected chi connectivity index (χ1v) is 7.30. The van der Waals surface area contributed by atoms with E-state index in [1.807, 2.05) is 31.2 Å². The Morgan fingerprint density at radius 3 is 2.29 bits per heavy atom. The second kappa shape index (κ2) is 5.56. The molecule has 0 radical (unpaired) electrons. The van der Waals surface area contributed by atoms with E-state index in [2.05, 4.69) is 20.9 Å². The Kier molecular flexibility index (Phi) is 3.76. The van der Waals surface area contributed by atoms with Gasteiger partial charge in [0, 0.05) is 4.47 Å². The summed E-state index contributed by atoms with van der Waals surface area (Å²) in [6.45, 7) is 1.84. The quantitative estimate of drug-likeness (QED) is 0.772. The maximum Gasteiger partial charge on any atom is 0.223 e. The third-order valence-corrected chi connectivity index (χ3v) is 3.92. The molecule has 0 aliphatic carbocycles. The molecule has 0 bridgehead atoms. The Bertz CT molecular complexity index is 680. The van der Waals surface area contributed by atoms with Crippen LogP contribution in [0, 0.1) is 11.6 Å². The summed E-state index contributed by atoms with van der Waals surface area (Å²) < 4.78 is 34.1. The Balaban J connectivity index is 1.99. The van der Waals surface area contributed by atoms with Gasteiger partial charge in [-0.05, 0) is 36.8 Å². The van der Waals surface area contributed by atoms with Gasteiger partial charge in [-0.25, -0.2) is 13.8 Å². The molecule has 3 rings (SSSR count). The van der Waals surface area contributed by atoms with Crippen LogP contribution < -0.4 is 0 Å². The first-order chi connectivity index (χ1) is 10.1. The van der Waals surface area contributed by atoms with E-state index in [1.54, 1.807) is 0 Å². The molecule has 2 aromatic carbocycles. The first-order valence-electron chi connectivity index (χ1n) is 6.50. The normalized spacial score (nSPS) is 21.0. The van der Waals surface area contributed by atoms with Crippen molar-refractivity contribution < 1.29 is 13.5 Å². The van der Waals surface area contributed by atoms with Crippen LogP contribution in [-0.2, 0) is 4.74 Å². The minimum absolute atomic E-state index is 0.0195. The van der Waals surface area contributed by atoms with Gasteiger partial charge < -0.3 is 4.74 Å². The van der Waals surface area contributed by atoms with E-state index in [-0.39, 0.29) is 23.6 Å². The predicted molar refractivity (Wildman–Crippen MR) is 80.3 cm³/mol. The molecule has 0 fully saturated rings. The molecular weight excluding hydrogens is 340 g/mol. The van der Waals surface area contributed by atoms with E-state index in [0.717, 1.165) is 10.0 Å². The van der Waals surface area contributed by atoms with Gasteiger partial charge in [-0.3, -0.25) is 0 Å². The number of hydrogen-bond acceptors (Lipinski definition) is 2. The topological polar surface area (TPSA) is 21.6 Å². The van der Waals surface area contributed by atoms with Crippen LogP contribution in [0.25, 0.3) is 0 Å². The van der Waals surface area contributed by atoms with E-state index in [0.29, 0.717) is 0 Å². The van der Waals surface area contributed by atoms with Crippen molar-refractivity contribution in [3.8, 4) is 0 Å². The van der Waals surface area contributed by atoms with E-state index in [4.69, 9.17) is 4.74 Å². The molecule has 1 heterocycles. The van der Waals surface area contributed by atoms with E-state index in [1.165, 1.54) is 18.2 Å². The van der Waals surface area contributed by atoms with Crippen molar-refractivity contribution in [2.24, 2.45) is 4.99 Å². The van der Waals surface area contributed by atoms with Gasteiger partial charge in [0.2, 0.25) is 5.90 Å². The maximum atomic E-state index is 13.8. The van der Waals surface area contributed by atoms with Gasteiger partial charge in [-0.15, -0.1) is 0 Å². The fourth-order valence-corrected chi connectivity index (χ4v) is 2.60. The lowest BCUT2D eigenvalue weighted by molar-refractivity contribution is 0.213. The molecule has 0 amide bonds. The van der Waals surface area contributed by atoms with Crippen molar-refractivity contribution in [1.29, 1.82) is 0 Å². The van der Waals surface area contributed by atoms with E-state index >= 15 is 0 Å². The molecule has 0 aromatic heterocycles. The number of ether oxygens (including phenoxy) is 1. The monoisotopic (exact) mass is 351 g/mol. The highest BCUT2D eigenvalue weighted by atomic mass is 79.9. The summed E-state index contributed by atoms with van der Waals surface area (Å²) in [6, 6.07) is 11.1. The third kappa shape index (κ3) is 2.70. The van der Waals surface area contributed by atoms with Crippen LogP contribution in [0.5, 0.6) is 0 Å². The lowest BCUT2D eigenvalue weighted by atomic mass is 10.0. The van der Waals surface area contributed by atoms with Crippen LogP contribution in [-0.4, -0.2) is 12.0 Å². The fraction of sp³-hybridized carbons (Fsp3) is 0.188. The fourth-order valence-electron chi connectivity index (χ4n) is 2.33. The standard InChI is InChI=1S/C16H12BrF2NO/c1-9-15(10-5-7-11(17)8-6-10)20-16(21-9)14-12(18)3-2-4-13(14)19/h2-9,15H,1H3/t9-,15+/m1/s1. The molecule has 0 saturated carbocycles. The summed E-state index contributed by atoms with van der Waals surface area (Å²) in [6.07, 6.45) is -0.278. The second-order valence-electron chi connectivity index (χ2n) is 4.85. The lowest BCUT2D eigenvalue weighted by Crippen LogP contribution is -2.14. The van der Waals surface area contributed by atoms with Gasteiger partial charge in [0.15, 0.2) is 0 Å². The van der Waals surface area contributed by atoms with E-state index in [9.17, 15) is 8.78 Å². The number of halogens is 3. The largest absolute Gasteiger partial charge is 0.472 e. The van der Waals surface area contributed by atoms with Crippen LogP contribution in [0.3, 0.4) is 0 Å². The summed E-state index contributed by atoms with van der Waals surface area (Å²) in [5, 5.41) is 0. The Morgan fingerprint density at radius 1 is 1.05 bits per heavy atom. The zero-order chi connectivity index (χ0) is 15.0. The van der Waals surface area contributed by atoms with Gasteiger partial charge in [-0.2, -0.15) is 0 Å². The highest BCUT2D eigenvalue weighted by Crippen LogP contribution is 2.32. The molecule has 0 unspecified atom stereocenters. The highest BCUT2D eigenvalue weighted by Gasteiger charge is 2.31. The molecule has 21 heavy (non-hydrogen) atoms. The highest BCUT2D eigenvalue weighted by molar-refractivity contribution is 9.10. The average molecular weight is 352 g/mol. The number of rotatable bonds is 2. The Labute approximate surface area is 129 Å². The molecule has 2 atom stereocenters. The Hall–Kier alpha value is -1.75. The summed E-state index contributed by atoms with van der Waals surface area (Å²) >= 11 is 3.37. The molecule has 0 spiro atoms. The number of nitrogens with zero attached hydrogens (tertiary/aromatic N) is 1. The maximum absolute atomic E-state index is 13.8. The third-order valence-electron chi connectivity index (χ3n) is 3.39. The summed E-state index contributed by atoms with van der Waals surface area (Å²) in [5.41, 5.74) is 0.737. The van der Waals surface area contributed by atoms with Crippen LogP contribution >= 0.6 is 15.9 Å². The molecule has 5 heteroatoms. The van der Waals surface area contributed by atoms with Crippen molar-refractivity contribution in [3.05, 3.63) is 69.7 Å². The Morgan fingerprint density at radius 2 is 1.67 bits per heavy atom. The second-order valence-corrected chi connectivity index (χ2v) is 5.77. The van der Waals surface area contributed by atoms with Crippen molar-refractivity contribution in [3.63, 3.8) is 0 Å². The number of hydrogen-bond donors (Lipinski definition) is 0. The molecule has 2 aromatic rings. The minimum atomic E-state index is -0.669. The average Bonchev–Trinajstić information content (AvgIpc) is 2.81. The van der Waals surface area contributed by atoms with Crippen molar-refractivity contribution in [2.75, 3.05) is 0 Å². The smallest absolute Gasteiger partial charge is 0.223 e. The van der Waals surface area contributed by atoms with Crippen molar-refractivity contribution in [1.82, 2.24) is 0 Å². The predicted octanol–water partition coefficient (Wildman–Crippen LogP) is 4.63. The minimum Gasteiger partial charge on any atom is -0.472 e. The summed E-state index contributed by atoms with van der Waals surface area (Å²) in [5.74, 6) is -1.32. The van der Waals surface area contributed by atoms with Gasteiger partial charge in [0.1, 0.15) is 29.3 Å². The molecule has 0 N–H and O–H groups in total. The molecule has 108 valence electrons. The van der Waals surface area contributed by atoms with Crippen LogP contribution in [0.2, 0.25) is 0 Å². The number of aliphatic imine (C=N–C) groups is 1. The molecule has 2 nitrogen and oxygen atoms in total. The summed E-state index contributed by atoms with van der Waals surface area (Å²) in [4.78, 5) is 4.36. The molecule has 0 saturated heterocycles. The van der Waals surface area contributed by atoms with Crippen LogP contribution in [0.4, 0.5) is 8.78 Å². The number of benzene rings is 2. The molecule has 1 aliphatic heterocycles. The van der Waals surface area contributed by atoms with Crippen LogP contribution in [0.1, 0.15) is 24.1 Å². The van der Waals surface area contributed by atoms with Crippen molar-refractivity contribution in [2.45, 2.75) is 19.1 Å². The zero-order valence-electron chi connectivity index (χ0n) is 11.2. The SMILES string of the molecule is C[C@H]1OC(c2c(F)cccc2F)=N[C@@H]1c1ccc(Br)cc1. The van der Waals surface area contributed by atoms with Gasteiger partial charge >= 0.3 is 0 Å². The zero-order valence-corrected chi connectivity index (χ0v) is 12.8. The van der Waals surface area contributed by atoms with Crippen molar-refractivity contribution >= 4 is 21.8 Å². The lowest BCUT2D eigenvalue weighted by Gasteiger charge is -2.13. The van der Waals surface area contributed by atoms with Gasteiger partial charge in [0.25, 0.3) is 0 Å². The summed E-state index contributed by atoms with van der Waals surface area (Å²) in [7, 11) is 0. The molecular formula is C16H12BrF2NO. The first kappa shape index (κ1) is 14.2. The van der Waals surface area contributed by atoms with Gasteiger partial charge in [0.05, 0.1) is 0 Å². The van der Waals surface area contributed by atoms with E-state index < -0.39 is 11.6 Å². The molecule has 1 aliphatic rings. The van der Waals surface area contributed by atoms with Gasteiger partial charge in [-0.1, -0.05) is 34.1 Å².